The van der Waals surface area contributed by atoms with Gasteiger partial charge < -0.3 is 9.13 Å². The molecule has 3 heterocycles. The molecule has 0 saturated carbocycles. The Labute approximate surface area is 370 Å². The summed E-state index contributed by atoms with van der Waals surface area (Å²) in [5.74, 6) is 0. The minimum absolute atomic E-state index is 0.964. The van der Waals surface area contributed by atoms with E-state index in [1.54, 1.807) is 0 Å². The molecule has 0 amide bonds. The van der Waals surface area contributed by atoms with Crippen molar-refractivity contribution in [2.24, 2.45) is 0 Å². The highest BCUT2D eigenvalue weighted by molar-refractivity contribution is 6.14. The number of pyridine rings is 1. The highest BCUT2D eigenvalue weighted by Crippen LogP contribution is 2.40. The van der Waals surface area contributed by atoms with Gasteiger partial charge in [0.15, 0.2) is 0 Å². The minimum Gasteiger partial charge on any atom is -0.309 e. The third kappa shape index (κ3) is 5.79. The van der Waals surface area contributed by atoms with E-state index in [1.165, 1.54) is 76.5 Å². The van der Waals surface area contributed by atoms with E-state index < -0.39 is 0 Å². The van der Waals surface area contributed by atoms with E-state index in [2.05, 4.69) is 246 Å². The Morgan fingerprint density at radius 1 is 0.281 bits per heavy atom. The van der Waals surface area contributed by atoms with Gasteiger partial charge in [-0.2, -0.15) is 0 Å². The Balaban J connectivity index is 0.917. The summed E-state index contributed by atoms with van der Waals surface area (Å²) in [6.07, 6.45) is 0. The van der Waals surface area contributed by atoms with Gasteiger partial charge in [0.25, 0.3) is 0 Å². The summed E-state index contributed by atoms with van der Waals surface area (Å²) in [4.78, 5) is 5.24. The van der Waals surface area contributed by atoms with Crippen LogP contribution < -0.4 is 0 Å². The molecule has 0 aliphatic heterocycles. The molecule has 298 valence electrons. The quantitative estimate of drug-likeness (QED) is 0.153. The van der Waals surface area contributed by atoms with Gasteiger partial charge in [-0.3, -0.25) is 0 Å². The number of nitrogens with zero attached hydrogens (tertiary/aromatic N) is 3. The van der Waals surface area contributed by atoms with E-state index in [4.69, 9.17) is 4.98 Å². The molecule has 3 aromatic heterocycles. The van der Waals surface area contributed by atoms with Crippen molar-refractivity contribution in [3.05, 3.63) is 237 Å². The topological polar surface area (TPSA) is 22.8 Å². The van der Waals surface area contributed by atoms with Gasteiger partial charge in [-0.25, -0.2) is 4.98 Å². The zero-order valence-corrected chi connectivity index (χ0v) is 34.9. The van der Waals surface area contributed by atoms with Gasteiger partial charge in [-0.15, -0.1) is 0 Å². The van der Waals surface area contributed by atoms with Crippen LogP contribution in [0.5, 0.6) is 0 Å². The SMILES string of the molecule is c1ccc(-c2cc(-c3ccc(-c4ccc(-c5cc(-n6c7ccccc7c7ccccc76)cc(-n6c7ccccc7c7ccccc76)c5)cc4)cc3)nc3ccc4ccccc4c23)cc1. The second-order valence-corrected chi connectivity index (χ2v) is 16.7. The summed E-state index contributed by atoms with van der Waals surface area (Å²) in [5, 5.41) is 8.62. The van der Waals surface area contributed by atoms with Crippen LogP contribution in [0.25, 0.3) is 121 Å². The Kier molecular flexibility index (Phi) is 8.22. The van der Waals surface area contributed by atoms with Gasteiger partial charge in [0.2, 0.25) is 0 Å². The highest BCUT2D eigenvalue weighted by Gasteiger charge is 2.18. The zero-order valence-electron chi connectivity index (χ0n) is 34.9. The molecule has 0 fully saturated rings. The van der Waals surface area contributed by atoms with E-state index in [0.29, 0.717) is 0 Å². The maximum absolute atomic E-state index is 5.24. The Morgan fingerprint density at radius 3 is 1.22 bits per heavy atom. The van der Waals surface area contributed by atoms with Gasteiger partial charge in [-0.05, 0) is 98.8 Å². The monoisotopic (exact) mass is 813 g/mol. The van der Waals surface area contributed by atoms with Gasteiger partial charge in [-0.1, -0.05) is 182 Å². The molecule has 0 aliphatic rings. The van der Waals surface area contributed by atoms with Gasteiger partial charge in [0, 0.05) is 43.9 Å². The van der Waals surface area contributed by atoms with Crippen molar-refractivity contribution in [1.29, 1.82) is 0 Å². The highest BCUT2D eigenvalue weighted by atomic mass is 15.0. The van der Waals surface area contributed by atoms with E-state index in [1.807, 2.05) is 0 Å². The first-order valence-corrected chi connectivity index (χ1v) is 21.9. The molecule has 0 N–H and O–H groups in total. The number of hydrogen-bond acceptors (Lipinski definition) is 1. The normalized spacial score (nSPS) is 11.8. The lowest BCUT2D eigenvalue weighted by atomic mass is 9.94. The molecule has 0 bridgehead atoms. The molecular weight excluding hydrogens is 775 g/mol. The largest absolute Gasteiger partial charge is 0.309 e. The fourth-order valence-corrected chi connectivity index (χ4v) is 10.1. The van der Waals surface area contributed by atoms with Crippen molar-refractivity contribution >= 4 is 65.3 Å². The molecule has 13 aromatic rings. The average Bonchev–Trinajstić information content (AvgIpc) is 3.89. The molecule has 0 atom stereocenters. The predicted molar refractivity (Wildman–Crippen MR) is 270 cm³/mol. The smallest absolute Gasteiger partial charge is 0.0722 e. The van der Waals surface area contributed by atoms with Crippen molar-refractivity contribution in [2.75, 3.05) is 0 Å². The van der Waals surface area contributed by atoms with Crippen LogP contribution in [0.2, 0.25) is 0 Å². The molecule has 0 aliphatic carbocycles. The maximum atomic E-state index is 5.24. The van der Waals surface area contributed by atoms with Gasteiger partial charge in [0.1, 0.15) is 0 Å². The van der Waals surface area contributed by atoms with Crippen LogP contribution in [0.3, 0.4) is 0 Å². The Morgan fingerprint density at radius 2 is 0.703 bits per heavy atom. The van der Waals surface area contributed by atoms with Crippen molar-refractivity contribution in [1.82, 2.24) is 14.1 Å². The van der Waals surface area contributed by atoms with E-state index in [-0.39, 0.29) is 0 Å². The first kappa shape index (κ1) is 36.2. The third-order valence-corrected chi connectivity index (χ3v) is 13.1. The molecule has 0 saturated heterocycles. The fourth-order valence-electron chi connectivity index (χ4n) is 10.1. The molecule has 0 spiro atoms. The number of fused-ring (bicyclic) bond motifs is 9. The second-order valence-electron chi connectivity index (χ2n) is 16.7. The van der Waals surface area contributed by atoms with Crippen LogP contribution in [0.4, 0.5) is 0 Å². The lowest BCUT2D eigenvalue weighted by Crippen LogP contribution is -2.00. The van der Waals surface area contributed by atoms with Gasteiger partial charge >= 0.3 is 0 Å². The van der Waals surface area contributed by atoms with Crippen molar-refractivity contribution in [3.63, 3.8) is 0 Å². The fraction of sp³-hybridized carbons (Fsp3) is 0. The average molecular weight is 814 g/mol. The van der Waals surface area contributed by atoms with Crippen molar-refractivity contribution in [2.45, 2.75) is 0 Å². The van der Waals surface area contributed by atoms with Crippen LogP contribution in [0, 0.1) is 0 Å². The number of hydrogen-bond donors (Lipinski definition) is 0. The molecule has 0 unspecified atom stereocenters. The molecule has 3 nitrogen and oxygen atoms in total. The second kappa shape index (κ2) is 14.5. The van der Waals surface area contributed by atoms with E-state index in [0.717, 1.165) is 44.8 Å². The first-order valence-electron chi connectivity index (χ1n) is 21.9. The first-order chi connectivity index (χ1) is 31.7. The summed E-state index contributed by atoms with van der Waals surface area (Å²) < 4.78 is 4.85. The predicted octanol–water partition coefficient (Wildman–Crippen LogP) is 16.3. The van der Waals surface area contributed by atoms with Crippen molar-refractivity contribution < 1.29 is 0 Å². The summed E-state index contributed by atoms with van der Waals surface area (Å²) in [7, 11) is 0. The standard InChI is InChI=1S/C61H39N3/c1-2-14-43(15-3-1)54-39-56(62-55-35-34-44-16-4-5-17-49(44)61(54)55)45-32-30-41(31-33-45)40-26-28-42(29-27-40)46-36-47(63-57-22-10-6-18-50(57)51-19-7-11-23-58(51)63)38-48(37-46)64-59-24-12-8-20-52(59)53-21-9-13-25-60(53)64/h1-39H. The third-order valence-electron chi connectivity index (χ3n) is 13.1. The summed E-state index contributed by atoms with van der Waals surface area (Å²) in [6, 6.07) is 85.9. The summed E-state index contributed by atoms with van der Waals surface area (Å²) in [6.45, 7) is 0. The zero-order chi connectivity index (χ0) is 42.1. The maximum Gasteiger partial charge on any atom is 0.0722 e. The van der Waals surface area contributed by atoms with Crippen LogP contribution in [-0.4, -0.2) is 14.1 Å². The number of aromatic nitrogens is 3. The number of benzene rings is 10. The van der Waals surface area contributed by atoms with E-state index in [9.17, 15) is 0 Å². The van der Waals surface area contributed by atoms with Crippen LogP contribution in [-0.2, 0) is 0 Å². The summed E-state index contributed by atoms with van der Waals surface area (Å²) >= 11 is 0. The van der Waals surface area contributed by atoms with Crippen LogP contribution >= 0.6 is 0 Å². The molecule has 64 heavy (non-hydrogen) atoms. The number of para-hydroxylation sites is 4. The van der Waals surface area contributed by atoms with Crippen molar-refractivity contribution in [3.8, 4) is 56.0 Å². The van der Waals surface area contributed by atoms with Crippen LogP contribution in [0.15, 0.2) is 237 Å². The van der Waals surface area contributed by atoms with Gasteiger partial charge in [0.05, 0.1) is 33.3 Å². The molecular formula is C61H39N3. The van der Waals surface area contributed by atoms with Crippen LogP contribution in [0.1, 0.15) is 0 Å². The lowest BCUT2D eigenvalue weighted by molar-refractivity contribution is 1.13. The molecule has 13 rings (SSSR count). The van der Waals surface area contributed by atoms with E-state index >= 15 is 0 Å². The Hall–Kier alpha value is -8.53. The molecule has 3 heteroatoms. The minimum atomic E-state index is 0.964. The summed E-state index contributed by atoms with van der Waals surface area (Å²) in [5.41, 5.74) is 17.1. The lowest BCUT2D eigenvalue weighted by Gasteiger charge is -2.16. The Bertz CT molecular complexity index is 3690. The molecule has 0 radical (unpaired) electrons. The molecule has 10 aromatic carbocycles. The number of rotatable bonds is 6.